The van der Waals surface area contributed by atoms with Crippen molar-refractivity contribution in [1.29, 1.82) is 0 Å². The minimum atomic E-state index is -3.88. The fourth-order valence-electron chi connectivity index (χ4n) is 6.32. The van der Waals surface area contributed by atoms with Crippen LogP contribution < -0.4 is 0 Å². The molecule has 8 nitrogen and oxygen atoms in total. The van der Waals surface area contributed by atoms with Gasteiger partial charge in [0.25, 0.3) is 10.0 Å². The second kappa shape index (κ2) is 11.0. The van der Waals surface area contributed by atoms with Crippen molar-refractivity contribution in [2.75, 3.05) is 32.8 Å². The van der Waals surface area contributed by atoms with Crippen LogP contribution in [0.4, 0.5) is 0 Å². The summed E-state index contributed by atoms with van der Waals surface area (Å²) in [5, 5.41) is 19.6. The van der Waals surface area contributed by atoms with Crippen LogP contribution in [0.15, 0.2) is 59.6 Å². The molecule has 3 aromatic rings. The lowest BCUT2D eigenvalue weighted by atomic mass is 9.74. The number of aliphatic hydroxyl groups is 2. The van der Waals surface area contributed by atoms with Crippen molar-refractivity contribution in [2.45, 2.75) is 49.7 Å². The van der Waals surface area contributed by atoms with E-state index in [0.29, 0.717) is 19.5 Å². The Bertz CT molecular complexity index is 1460. The molecule has 2 aromatic carbocycles. The number of sulfonamides is 1. The van der Waals surface area contributed by atoms with Gasteiger partial charge in [-0.1, -0.05) is 42.5 Å². The van der Waals surface area contributed by atoms with E-state index < -0.39 is 22.4 Å². The molecule has 0 unspecified atom stereocenters. The normalized spacial score (nSPS) is 22.5. The summed E-state index contributed by atoms with van der Waals surface area (Å²) in [6.45, 7) is 5.09. The molecule has 2 N–H and O–H groups in total. The number of benzene rings is 2. The average molecular weight is 552 g/mol. The maximum atomic E-state index is 13.8. The lowest BCUT2D eigenvalue weighted by Crippen LogP contribution is -2.67. The third-order valence-electron chi connectivity index (χ3n) is 8.65. The van der Waals surface area contributed by atoms with Crippen molar-refractivity contribution in [2.24, 2.45) is 7.05 Å². The molecule has 208 valence electrons. The smallest absolute Gasteiger partial charge is 0.258 e. The van der Waals surface area contributed by atoms with Crippen LogP contribution in [0.3, 0.4) is 0 Å². The van der Waals surface area contributed by atoms with Crippen molar-refractivity contribution in [3.8, 4) is 11.1 Å². The van der Waals surface area contributed by atoms with Gasteiger partial charge in [-0.3, -0.25) is 9.69 Å². The lowest BCUT2D eigenvalue weighted by molar-refractivity contribution is -0.0554. The molecule has 2 aliphatic heterocycles. The van der Waals surface area contributed by atoms with Gasteiger partial charge in [0, 0.05) is 38.1 Å². The van der Waals surface area contributed by atoms with Crippen LogP contribution >= 0.6 is 0 Å². The molecule has 1 aromatic heterocycles. The molecule has 0 spiro atoms. The summed E-state index contributed by atoms with van der Waals surface area (Å²) in [4.78, 5) is 14.3. The van der Waals surface area contributed by atoms with Gasteiger partial charge in [0.1, 0.15) is 6.61 Å². The topological polar surface area (TPSA) is 103 Å². The predicted octanol–water partition coefficient (Wildman–Crippen LogP) is 3.10. The Balaban J connectivity index is 1.44. The Labute approximate surface area is 230 Å². The van der Waals surface area contributed by atoms with E-state index in [-0.39, 0.29) is 35.3 Å². The first-order valence-corrected chi connectivity index (χ1v) is 15.0. The molecule has 0 amide bonds. The highest BCUT2D eigenvalue weighted by atomic mass is 32.2. The minimum absolute atomic E-state index is 0.00148. The third-order valence-corrected chi connectivity index (χ3v) is 10.6. The first-order valence-electron chi connectivity index (χ1n) is 13.5. The number of hydrogen-bond donors (Lipinski definition) is 2. The zero-order valence-electron chi connectivity index (χ0n) is 22.7. The van der Waals surface area contributed by atoms with E-state index in [4.69, 9.17) is 0 Å². The molecule has 0 bridgehead atoms. The van der Waals surface area contributed by atoms with Crippen molar-refractivity contribution in [3.63, 3.8) is 0 Å². The number of carbonyl (C=O) groups is 1. The molecule has 2 aliphatic rings. The van der Waals surface area contributed by atoms with Crippen molar-refractivity contribution in [1.82, 2.24) is 13.8 Å². The number of aryl methyl sites for hydroxylation is 1. The molecule has 2 saturated heterocycles. The zero-order chi connectivity index (χ0) is 27.9. The number of aliphatic hydroxyl groups excluding tert-OH is 2. The summed E-state index contributed by atoms with van der Waals surface area (Å²) in [6.07, 6.45) is 1.54. The fourth-order valence-corrected chi connectivity index (χ4v) is 7.99. The molecule has 2 fully saturated rings. The second-order valence-electron chi connectivity index (χ2n) is 10.7. The average Bonchev–Trinajstić information content (AvgIpc) is 3.31. The standard InChI is InChI=1S/C30H37N3O5S/c1-20-7-6-8-24(21(20)2)22-9-11-23(12-10-22)30-26-17-32(15-4-5-16-33(26)27(30)18-34)39(37,38)29-14-13-25(31(29)3)28(36)19-35/h6-14,26-27,30,34-35H,4-5,15-19H2,1-3H3/t26-,27+,30-/m0/s1. The monoisotopic (exact) mass is 551 g/mol. The van der Waals surface area contributed by atoms with Gasteiger partial charge in [0.15, 0.2) is 5.03 Å². The molecule has 9 heteroatoms. The van der Waals surface area contributed by atoms with Crippen LogP contribution in [0.1, 0.15) is 45.9 Å². The molecule has 5 rings (SSSR count). The molecule has 0 radical (unpaired) electrons. The summed E-state index contributed by atoms with van der Waals surface area (Å²) >= 11 is 0. The Kier molecular flexibility index (Phi) is 7.81. The number of hydrogen-bond acceptors (Lipinski definition) is 6. The maximum absolute atomic E-state index is 13.8. The van der Waals surface area contributed by atoms with Gasteiger partial charge >= 0.3 is 0 Å². The number of carbonyl (C=O) groups excluding carboxylic acids is 1. The first-order chi connectivity index (χ1) is 18.7. The lowest BCUT2D eigenvalue weighted by Gasteiger charge is -2.57. The number of ketones is 1. The first kappa shape index (κ1) is 27.7. The number of rotatable bonds is 7. The molecule has 0 saturated carbocycles. The van der Waals surface area contributed by atoms with E-state index in [1.807, 2.05) is 0 Å². The largest absolute Gasteiger partial charge is 0.395 e. The number of aromatic nitrogens is 1. The van der Waals surface area contributed by atoms with E-state index in [9.17, 15) is 23.4 Å². The molecule has 39 heavy (non-hydrogen) atoms. The molecule has 3 atom stereocenters. The van der Waals surface area contributed by atoms with Gasteiger partial charge in [-0.05, 0) is 73.2 Å². The van der Waals surface area contributed by atoms with Crippen LogP contribution in [0.25, 0.3) is 11.1 Å². The van der Waals surface area contributed by atoms with Gasteiger partial charge in [0.05, 0.1) is 12.3 Å². The molecule has 0 aliphatic carbocycles. The zero-order valence-corrected chi connectivity index (χ0v) is 23.6. The van der Waals surface area contributed by atoms with Crippen LogP contribution in [0, 0.1) is 13.8 Å². The highest BCUT2D eigenvalue weighted by Gasteiger charge is 2.50. The van der Waals surface area contributed by atoms with Gasteiger partial charge in [-0.2, -0.15) is 4.31 Å². The molecular formula is C30H37N3O5S. The molecular weight excluding hydrogens is 514 g/mol. The summed E-state index contributed by atoms with van der Waals surface area (Å²) in [7, 11) is -2.34. The quantitative estimate of drug-likeness (QED) is 0.438. The van der Waals surface area contributed by atoms with Gasteiger partial charge in [0.2, 0.25) is 5.78 Å². The van der Waals surface area contributed by atoms with E-state index in [2.05, 4.69) is 61.2 Å². The highest BCUT2D eigenvalue weighted by Crippen LogP contribution is 2.43. The van der Waals surface area contributed by atoms with Crippen LogP contribution in [0.5, 0.6) is 0 Å². The van der Waals surface area contributed by atoms with Gasteiger partial charge in [-0.25, -0.2) is 8.42 Å². The van der Waals surface area contributed by atoms with Crippen LogP contribution in [-0.4, -0.2) is 83.1 Å². The van der Waals surface area contributed by atoms with E-state index in [1.165, 1.54) is 44.7 Å². The second-order valence-corrected chi connectivity index (χ2v) is 12.6. The van der Waals surface area contributed by atoms with E-state index in [1.54, 1.807) is 0 Å². The summed E-state index contributed by atoms with van der Waals surface area (Å²) in [5.41, 5.74) is 6.08. The number of nitrogens with zero attached hydrogens (tertiary/aromatic N) is 3. The Morgan fingerprint density at radius 3 is 2.38 bits per heavy atom. The van der Waals surface area contributed by atoms with Crippen molar-refractivity contribution < 1.29 is 23.4 Å². The van der Waals surface area contributed by atoms with E-state index >= 15 is 0 Å². The highest BCUT2D eigenvalue weighted by molar-refractivity contribution is 7.89. The SMILES string of the molecule is Cc1cccc(-c2ccc([C@@H]3[C@@H](CO)N4CCCCN(S(=O)(=O)c5ccc(C(=O)CO)n5C)C[C@@H]34)cc2)c1C. The fraction of sp³-hybridized carbons (Fsp3) is 0.433. The molecule has 3 heterocycles. The van der Waals surface area contributed by atoms with Crippen molar-refractivity contribution in [3.05, 3.63) is 77.0 Å². The van der Waals surface area contributed by atoms with Crippen LogP contribution in [0.2, 0.25) is 0 Å². The number of Topliss-reactive ketones (excluding diaryl/α,β-unsaturated/α-hetero) is 1. The predicted molar refractivity (Wildman–Crippen MR) is 150 cm³/mol. The number of fused-ring (bicyclic) bond motifs is 1. The Hall–Kier alpha value is -2.82. The van der Waals surface area contributed by atoms with E-state index in [0.717, 1.165) is 24.1 Å². The van der Waals surface area contributed by atoms with Gasteiger partial charge < -0.3 is 14.8 Å². The summed E-state index contributed by atoms with van der Waals surface area (Å²) in [6, 6.07) is 17.5. The third kappa shape index (κ3) is 4.87. The minimum Gasteiger partial charge on any atom is -0.395 e. The summed E-state index contributed by atoms with van der Waals surface area (Å²) < 4.78 is 30.5. The van der Waals surface area contributed by atoms with Crippen molar-refractivity contribution >= 4 is 15.8 Å². The summed E-state index contributed by atoms with van der Waals surface area (Å²) in [5.74, 6) is -0.523. The maximum Gasteiger partial charge on any atom is 0.258 e. The Morgan fingerprint density at radius 1 is 0.974 bits per heavy atom. The van der Waals surface area contributed by atoms with Gasteiger partial charge in [-0.15, -0.1) is 0 Å². The van der Waals surface area contributed by atoms with Crippen LogP contribution in [-0.2, 0) is 17.1 Å². The Morgan fingerprint density at radius 2 is 1.69 bits per heavy atom.